The van der Waals surface area contributed by atoms with Crippen LogP contribution in [0.1, 0.15) is 19.3 Å². The Morgan fingerprint density at radius 2 is 2.17 bits per heavy atom. The summed E-state index contributed by atoms with van der Waals surface area (Å²) in [7, 11) is 0. The Labute approximate surface area is 71.9 Å². The van der Waals surface area contributed by atoms with Gasteiger partial charge in [0.05, 0.1) is 6.54 Å². The highest BCUT2D eigenvalue weighted by molar-refractivity contribution is 5.79. The van der Waals surface area contributed by atoms with Crippen LogP contribution in [0.25, 0.3) is 0 Å². The van der Waals surface area contributed by atoms with Crippen LogP contribution in [0, 0.1) is 0 Å². The van der Waals surface area contributed by atoms with Gasteiger partial charge in [-0.1, -0.05) is 0 Å². The van der Waals surface area contributed by atoms with Gasteiger partial charge in [0.2, 0.25) is 5.91 Å². The van der Waals surface area contributed by atoms with Gasteiger partial charge in [0.25, 0.3) is 0 Å². The second-order valence-electron chi connectivity index (χ2n) is 3.73. The molecule has 0 radical (unpaired) electrons. The smallest absolute Gasteiger partial charge is 0.234 e. The molecule has 1 amide bonds. The fourth-order valence-corrected chi connectivity index (χ4v) is 2.08. The molecule has 0 aromatic rings. The van der Waals surface area contributed by atoms with Gasteiger partial charge in [-0.15, -0.1) is 0 Å². The van der Waals surface area contributed by atoms with Crippen LogP contribution in [-0.4, -0.2) is 30.6 Å². The summed E-state index contributed by atoms with van der Waals surface area (Å²) in [6.07, 6.45) is 3.04. The predicted molar refractivity (Wildman–Crippen MR) is 45.5 cm³/mol. The highest BCUT2D eigenvalue weighted by Crippen LogP contribution is 2.19. The molecule has 68 valence electrons. The third-order valence-corrected chi connectivity index (χ3v) is 2.76. The maximum Gasteiger partial charge on any atom is 0.234 e. The second kappa shape index (κ2) is 3.03. The Bertz CT molecular complexity index is 195. The van der Waals surface area contributed by atoms with Crippen molar-refractivity contribution < 1.29 is 4.79 Å². The molecule has 3 atom stereocenters. The molecule has 0 aromatic carbocycles. The monoisotopic (exact) mass is 169 g/mol. The SMILES string of the molecule is NC1CCC2NC(=O)CNC2C1. The molecule has 0 bridgehead atoms. The maximum atomic E-state index is 11.0. The third-order valence-electron chi connectivity index (χ3n) is 2.76. The van der Waals surface area contributed by atoms with E-state index in [1.54, 1.807) is 0 Å². The Morgan fingerprint density at radius 1 is 1.33 bits per heavy atom. The summed E-state index contributed by atoms with van der Waals surface area (Å²) < 4.78 is 0. The zero-order valence-corrected chi connectivity index (χ0v) is 7.05. The van der Waals surface area contributed by atoms with Crippen molar-refractivity contribution in [1.29, 1.82) is 0 Å². The first-order valence-corrected chi connectivity index (χ1v) is 4.54. The number of nitrogens with one attached hydrogen (secondary N) is 2. The van der Waals surface area contributed by atoms with Gasteiger partial charge in [0.15, 0.2) is 0 Å². The Kier molecular flexibility index (Phi) is 2.02. The molecular weight excluding hydrogens is 154 g/mol. The van der Waals surface area contributed by atoms with Crippen LogP contribution >= 0.6 is 0 Å². The standard InChI is InChI=1S/C8H15N3O/c9-5-1-2-6-7(3-5)10-4-8(12)11-6/h5-7,10H,1-4,9H2,(H,11,12). The normalized spacial score (nSPS) is 41.8. The molecule has 0 aromatic heterocycles. The van der Waals surface area contributed by atoms with Gasteiger partial charge in [-0.3, -0.25) is 4.79 Å². The largest absolute Gasteiger partial charge is 0.351 e. The van der Waals surface area contributed by atoms with E-state index < -0.39 is 0 Å². The number of carbonyl (C=O) groups is 1. The van der Waals surface area contributed by atoms with E-state index in [-0.39, 0.29) is 5.91 Å². The fraction of sp³-hybridized carbons (Fsp3) is 0.875. The van der Waals surface area contributed by atoms with Crippen LogP contribution in [0.3, 0.4) is 0 Å². The average Bonchev–Trinajstić information content (AvgIpc) is 2.05. The summed E-state index contributed by atoms with van der Waals surface area (Å²) >= 11 is 0. The van der Waals surface area contributed by atoms with E-state index in [0.29, 0.717) is 24.7 Å². The van der Waals surface area contributed by atoms with Crippen molar-refractivity contribution in [2.45, 2.75) is 37.4 Å². The number of rotatable bonds is 0. The molecule has 1 saturated heterocycles. The van der Waals surface area contributed by atoms with Crippen LogP contribution in [-0.2, 0) is 4.79 Å². The first kappa shape index (κ1) is 8.01. The van der Waals surface area contributed by atoms with Gasteiger partial charge in [-0.2, -0.15) is 0 Å². The third kappa shape index (κ3) is 1.44. The van der Waals surface area contributed by atoms with Gasteiger partial charge in [0.1, 0.15) is 0 Å². The van der Waals surface area contributed by atoms with E-state index in [1.165, 1.54) is 0 Å². The molecule has 1 aliphatic heterocycles. The topological polar surface area (TPSA) is 67.1 Å². The van der Waals surface area contributed by atoms with Crippen molar-refractivity contribution in [3.05, 3.63) is 0 Å². The minimum Gasteiger partial charge on any atom is -0.351 e. The number of amides is 1. The molecule has 4 heteroatoms. The highest BCUT2D eigenvalue weighted by Gasteiger charge is 2.32. The summed E-state index contributed by atoms with van der Waals surface area (Å²) in [5.41, 5.74) is 5.82. The summed E-state index contributed by atoms with van der Waals surface area (Å²) in [6, 6.07) is 1.05. The quantitative estimate of drug-likeness (QED) is 0.433. The minimum atomic E-state index is 0.117. The zero-order valence-electron chi connectivity index (χ0n) is 7.05. The van der Waals surface area contributed by atoms with Crippen molar-refractivity contribution in [3.63, 3.8) is 0 Å². The summed E-state index contributed by atoms with van der Waals surface area (Å²) in [6.45, 7) is 0.452. The van der Waals surface area contributed by atoms with E-state index in [9.17, 15) is 4.79 Å². The predicted octanol–water partition coefficient (Wildman–Crippen LogP) is -1.05. The van der Waals surface area contributed by atoms with Crippen LogP contribution in [0.2, 0.25) is 0 Å². The molecule has 12 heavy (non-hydrogen) atoms. The maximum absolute atomic E-state index is 11.0. The van der Waals surface area contributed by atoms with E-state index in [2.05, 4.69) is 10.6 Å². The Hall–Kier alpha value is -0.610. The fourth-order valence-electron chi connectivity index (χ4n) is 2.08. The molecule has 4 nitrogen and oxygen atoms in total. The average molecular weight is 169 g/mol. The summed E-state index contributed by atoms with van der Waals surface area (Å²) in [5.74, 6) is 0.117. The lowest BCUT2D eigenvalue weighted by Crippen LogP contribution is -2.62. The van der Waals surface area contributed by atoms with Crippen molar-refractivity contribution >= 4 is 5.91 Å². The van der Waals surface area contributed by atoms with Gasteiger partial charge in [-0.05, 0) is 19.3 Å². The molecule has 3 unspecified atom stereocenters. The number of hydrogen-bond donors (Lipinski definition) is 3. The molecule has 0 spiro atoms. The molecule has 1 saturated carbocycles. The van der Waals surface area contributed by atoms with E-state index >= 15 is 0 Å². The van der Waals surface area contributed by atoms with Gasteiger partial charge < -0.3 is 16.4 Å². The molecule has 2 fully saturated rings. The number of nitrogens with two attached hydrogens (primary N) is 1. The van der Waals surface area contributed by atoms with E-state index in [4.69, 9.17) is 5.73 Å². The van der Waals surface area contributed by atoms with Gasteiger partial charge in [-0.25, -0.2) is 0 Å². The lowest BCUT2D eigenvalue weighted by atomic mass is 9.86. The minimum absolute atomic E-state index is 0.117. The molecule has 1 aliphatic carbocycles. The van der Waals surface area contributed by atoms with Crippen molar-refractivity contribution in [2.24, 2.45) is 5.73 Å². The first-order valence-electron chi connectivity index (χ1n) is 4.54. The summed E-state index contributed by atoms with van der Waals surface area (Å²) in [4.78, 5) is 11.0. The van der Waals surface area contributed by atoms with Crippen LogP contribution in [0.4, 0.5) is 0 Å². The Balaban J connectivity index is 1.98. The van der Waals surface area contributed by atoms with E-state index in [0.717, 1.165) is 19.3 Å². The lowest BCUT2D eigenvalue weighted by molar-refractivity contribution is -0.123. The van der Waals surface area contributed by atoms with Crippen molar-refractivity contribution in [3.8, 4) is 0 Å². The lowest BCUT2D eigenvalue weighted by Gasteiger charge is -2.38. The Morgan fingerprint density at radius 3 is 3.00 bits per heavy atom. The first-order chi connectivity index (χ1) is 5.75. The molecular formula is C8H15N3O. The van der Waals surface area contributed by atoms with Crippen molar-refractivity contribution in [2.75, 3.05) is 6.54 Å². The zero-order chi connectivity index (χ0) is 8.55. The molecule has 2 rings (SSSR count). The highest BCUT2D eigenvalue weighted by atomic mass is 16.2. The van der Waals surface area contributed by atoms with Gasteiger partial charge in [0, 0.05) is 18.1 Å². The molecule has 1 heterocycles. The number of carbonyl (C=O) groups excluding carboxylic acids is 1. The van der Waals surface area contributed by atoms with E-state index in [1.807, 2.05) is 0 Å². The second-order valence-corrected chi connectivity index (χ2v) is 3.73. The van der Waals surface area contributed by atoms with Crippen LogP contribution in [0.15, 0.2) is 0 Å². The van der Waals surface area contributed by atoms with Crippen LogP contribution < -0.4 is 16.4 Å². The van der Waals surface area contributed by atoms with Crippen LogP contribution in [0.5, 0.6) is 0 Å². The van der Waals surface area contributed by atoms with Gasteiger partial charge >= 0.3 is 0 Å². The number of hydrogen-bond acceptors (Lipinski definition) is 3. The summed E-state index contributed by atoms with van der Waals surface area (Å²) in [5, 5.41) is 6.19. The number of piperazine rings is 1. The molecule has 2 aliphatic rings. The molecule has 4 N–H and O–H groups in total. The number of fused-ring (bicyclic) bond motifs is 1. The van der Waals surface area contributed by atoms with Crippen molar-refractivity contribution in [1.82, 2.24) is 10.6 Å².